The zero-order chi connectivity index (χ0) is 9.14. The fourth-order valence-electron chi connectivity index (χ4n) is 1.91. The molecule has 0 spiro atoms. The van der Waals surface area contributed by atoms with Gasteiger partial charge in [0.1, 0.15) is 0 Å². The van der Waals surface area contributed by atoms with Crippen molar-refractivity contribution in [1.82, 2.24) is 10.2 Å². The zero-order valence-corrected chi connectivity index (χ0v) is 8.80. The Morgan fingerprint density at radius 1 is 1.50 bits per heavy atom. The Hall–Kier alpha value is -0.0800. The molecule has 2 nitrogen and oxygen atoms in total. The summed E-state index contributed by atoms with van der Waals surface area (Å²) in [6, 6.07) is 1.38. The average molecular weight is 170 g/mol. The highest BCUT2D eigenvalue weighted by Gasteiger charge is 2.27. The third-order valence-electron chi connectivity index (χ3n) is 2.91. The first-order valence-corrected chi connectivity index (χ1v) is 5.08. The van der Waals surface area contributed by atoms with Gasteiger partial charge in [0.05, 0.1) is 0 Å². The van der Waals surface area contributed by atoms with Crippen molar-refractivity contribution in [2.45, 2.75) is 39.3 Å². The molecule has 1 fully saturated rings. The van der Waals surface area contributed by atoms with Gasteiger partial charge >= 0.3 is 0 Å². The summed E-state index contributed by atoms with van der Waals surface area (Å²) in [6.07, 6.45) is 1.23. The largest absolute Gasteiger partial charge is 0.310 e. The molecule has 2 heteroatoms. The van der Waals surface area contributed by atoms with Crippen LogP contribution in [0, 0.1) is 5.92 Å². The number of likely N-dealkylation sites (tertiary alicyclic amines) is 1. The van der Waals surface area contributed by atoms with Crippen LogP contribution in [0.25, 0.3) is 0 Å². The summed E-state index contributed by atoms with van der Waals surface area (Å²) in [5, 5.41) is 3.67. The Morgan fingerprint density at radius 3 is 2.58 bits per heavy atom. The second-order valence-corrected chi connectivity index (χ2v) is 4.28. The van der Waals surface area contributed by atoms with E-state index in [4.69, 9.17) is 0 Å². The van der Waals surface area contributed by atoms with E-state index >= 15 is 0 Å². The van der Waals surface area contributed by atoms with Gasteiger partial charge < -0.3 is 10.2 Å². The molecule has 0 aromatic heterocycles. The number of nitrogens with zero attached hydrogens (tertiary/aromatic N) is 1. The van der Waals surface area contributed by atoms with Gasteiger partial charge in [0.2, 0.25) is 0 Å². The first-order chi connectivity index (χ1) is 5.63. The Bertz CT molecular complexity index is 136. The Kier molecular flexibility index (Phi) is 3.53. The van der Waals surface area contributed by atoms with E-state index in [0.717, 1.165) is 5.92 Å². The first kappa shape index (κ1) is 10.0. The van der Waals surface area contributed by atoms with E-state index in [2.05, 4.69) is 38.0 Å². The van der Waals surface area contributed by atoms with Crippen LogP contribution >= 0.6 is 0 Å². The molecule has 1 aliphatic heterocycles. The fraction of sp³-hybridized carbons (Fsp3) is 1.00. The van der Waals surface area contributed by atoms with E-state index in [1.165, 1.54) is 19.5 Å². The van der Waals surface area contributed by atoms with Crippen molar-refractivity contribution in [3.05, 3.63) is 0 Å². The van der Waals surface area contributed by atoms with Crippen molar-refractivity contribution in [3.8, 4) is 0 Å². The monoisotopic (exact) mass is 170 g/mol. The van der Waals surface area contributed by atoms with Crippen LogP contribution < -0.4 is 5.32 Å². The van der Waals surface area contributed by atoms with Crippen LogP contribution in [0.4, 0.5) is 0 Å². The molecule has 3 atom stereocenters. The average Bonchev–Trinajstić information content (AvgIpc) is 2.30. The van der Waals surface area contributed by atoms with E-state index in [1.807, 2.05) is 0 Å². The molecular weight excluding hydrogens is 148 g/mol. The third kappa shape index (κ3) is 2.46. The summed E-state index contributed by atoms with van der Waals surface area (Å²) in [4.78, 5) is 2.41. The molecule has 0 aliphatic carbocycles. The Balaban J connectivity index is 2.32. The number of rotatable bonds is 3. The smallest absolute Gasteiger partial charge is 0.0235 e. The van der Waals surface area contributed by atoms with Crippen LogP contribution in [0.3, 0.4) is 0 Å². The second kappa shape index (κ2) is 4.24. The lowest BCUT2D eigenvalue weighted by molar-refractivity contribution is 0.380. The van der Waals surface area contributed by atoms with Gasteiger partial charge in [-0.25, -0.2) is 0 Å². The molecular formula is C10H22N2. The van der Waals surface area contributed by atoms with Crippen molar-refractivity contribution >= 4 is 0 Å². The minimum absolute atomic E-state index is 0.670. The molecule has 1 heterocycles. The van der Waals surface area contributed by atoms with Gasteiger partial charge in [-0.2, -0.15) is 0 Å². The summed E-state index contributed by atoms with van der Waals surface area (Å²) in [6.45, 7) is 9.30. The van der Waals surface area contributed by atoms with E-state index in [9.17, 15) is 0 Å². The van der Waals surface area contributed by atoms with Crippen molar-refractivity contribution in [2.24, 2.45) is 5.92 Å². The summed E-state index contributed by atoms with van der Waals surface area (Å²) in [5.41, 5.74) is 0. The van der Waals surface area contributed by atoms with Crippen LogP contribution in [0.5, 0.6) is 0 Å². The number of hydrogen-bond donors (Lipinski definition) is 1. The molecule has 0 radical (unpaired) electrons. The Morgan fingerprint density at radius 2 is 2.17 bits per heavy atom. The lowest BCUT2D eigenvalue weighted by atomic mass is 10.1. The molecule has 0 bridgehead atoms. The maximum Gasteiger partial charge on any atom is 0.0235 e. The molecule has 0 amide bonds. The van der Waals surface area contributed by atoms with Gasteiger partial charge in [-0.1, -0.05) is 13.8 Å². The maximum atomic E-state index is 3.67. The first-order valence-electron chi connectivity index (χ1n) is 5.08. The fourth-order valence-corrected chi connectivity index (χ4v) is 1.91. The number of nitrogens with one attached hydrogen (secondary N) is 1. The van der Waals surface area contributed by atoms with Gasteiger partial charge in [0.15, 0.2) is 0 Å². The molecule has 12 heavy (non-hydrogen) atoms. The van der Waals surface area contributed by atoms with Gasteiger partial charge in [0, 0.05) is 25.2 Å². The minimum atomic E-state index is 0.670. The van der Waals surface area contributed by atoms with Crippen molar-refractivity contribution < 1.29 is 0 Å². The lowest BCUT2D eigenvalue weighted by Gasteiger charge is -2.20. The van der Waals surface area contributed by atoms with Gasteiger partial charge in [0.25, 0.3) is 0 Å². The van der Waals surface area contributed by atoms with Crippen LogP contribution in [0.15, 0.2) is 0 Å². The molecule has 1 N–H and O–H groups in total. The van der Waals surface area contributed by atoms with Crippen LogP contribution in [0.1, 0.15) is 27.2 Å². The van der Waals surface area contributed by atoms with Gasteiger partial charge in [-0.05, 0) is 26.3 Å². The molecule has 1 rings (SSSR count). The van der Waals surface area contributed by atoms with Crippen LogP contribution in [-0.2, 0) is 0 Å². The molecule has 0 aromatic rings. The molecule has 1 aliphatic rings. The van der Waals surface area contributed by atoms with Gasteiger partial charge in [-0.15, -0.1) is 0 Å². The normalized spacial score (nSPS) is 34.0. The highest BCUT2D eigenvalue weighted by Crippen LogP contribution is 2.15. The summed E-state index contributed by atoms with van der Waals surface area (Å²) >= 11 is 0. The van der Waals surface area contributed by atoms with Crippen molar-refractivity contribution in [2.75, 3.05) is 20.1 Å². The van der Waals surface area contributed by atoms with Gasteiger partial charge in [-0.3, -0.25) is 0 Å². The van der Waals surface area contributed by atoms with E-state index in [1.54, 1.807) is 0 Å². The van der Waals surface area contributed by atoms with E-state index in [0.29, 0.717) is 12.1 Å². The number of hydrogen-bond acceptors (Lipinski definition) is 2. The molecule has 72 valence electrons. The quantitative estimate of drug-likeness (QED) is 0.687. The molecule has 0 aromatic carbocycles. The van der Waals surface area contributed by atoms with Crippen molar-refractivity contribution in [3.63, 3.8) is 0 Å². The zero-order valence-electron chi connectivity index (χ0n) is 8.80. The lowest BCUT2D eigenvalue weighted by Crippen LogP contribution is -2.40. The highest BCUT2D eigenvalue weighted by atomic mass is 15.2. The highest BCUT2D eigenvalue weighted by molar-refractivity contribution is 4.86. The predicted molar refractivity (Wildman–Crippen MR) is 53.3 cm³/mol. The predicted octanol–water partition coefficient (Wildman–Crippen LogP) is 1.32. The summed E-state index contributed by atoms with van der Waals surface area (Å²) in [7, 11) is 2.20. The SMILES string of the molecule is CCC(C)NC1CN(C)CC1C. The Labute approximate surface area is 76.3 Å². The van der Waals surface area contributed by atoms with Crippen LogP contribution in [0.2, 0.25) is 0 Å². The standard InChI is InChI=1S/C10H22N2/c1-5-9(3)11-10-7-12(4)6-8(10)2/h8-11H,5-7H2,1-4H3. The summed E-state index contributed by atoms with van der Waals surface area (Å²) in [5.74, 6) is 0.809. The summed E-state index contributed by atoms with van der Waals surface area (Å²) < 4.78 is 0. The third-order valence-corrected chi connectivity index (χ3v) is 2.91. The topological polar surface area (TPSA) is 15.3 Å². The molecule has 0 saturated carbocycles. The second-order valence-electron chi connectivity index (χ2n) is 4.28. The van der Waals surface area contributed by atoms with E-state index in [-0.39, 0.29) is 0 Å². The number of likely N-dealkylation sites (N-methyl/N-ethyl adjacent to an activating group) is 1. The minimum Gasteiger partial charge on any atom is -0.310 e. The maximum absolute atomic E-state index is 3.67. The van der Waals surface area contributed by atoms with Crippen LogP contribution in [-0.4, -0.2) is 37.1 Å². The molecule has 3 unspecified atom stereocenters. The molecule has 1 saturated heterocycles. The van der Waals surface area contributed by atoms with Crippen molar-refractivity contribution in [1.29, 1.82) is 0 Å². The van der Waals surface area contributed by atoms with E-state index < -0.39 is 0 Å².